The average molecular weight is 648 g/mol. The molecule has 4 rings (SSSR count). The van der Waals surface area contributed by atoms with Gasteiger partial charge in [-0.2, -0.15) is 0 Å². The highest BCUT2D eigenvalue weighted by Gasteiger charge is 2.38. The first-order valence-electron chi connectivity index (χ1n) is 15.8. The molecule has 0 bridgehead atoms. The fourth-order valence-electron chi connectivity index (χ4n) is 5.75. The van der Waals surface area contributed by atoms with Gasteiger partial charge in [0.2, 0.25) is 23.4 Å². The van der Waals surface area contributed by atoms with Gasteiger partial charge < -0.3 is 30.3 Å². The number of ketones is 2. The summed E-state index contributed by atoms with van der Waals surface area (Å²) in [6.07, 6.45) is 0.497. The summed E-state index contributed by atoms with van der Waals surface area (Å²) in [5.74, 6) is -1.39. The quantitative estimate of drug-likeness (QED) is 0.317. The molecule has 2 aromatic rings. The minimum atomic E-state index is -0.824. The van der Waals surface area contributed by atoms with Crippen LogP contribution in [-0.4, -0.2) is 98.3 Å². The van der Waals surface area contributed by atoms with Crippen LogP contribution in [0.5, 0.6) is 0 Å². The van der Waals surface area contributed by atoms with E-state index in [2.05, 4.69) is 16.0 Å². The lowest BCUT2D eigenvalue weighted by molar-refractivity contribution is -0.132. The van der Waals surface area contributed by atoms with Crippen molar-refractivity contribution in [2.24, 2.45) is 5.41 Å². The van der Waals surface area contributed by atoms with Gasteiger partial charge >= 0.3 is 6.09 Å². The number of methoxy groups -OCH3 is 1. The first-order valence-corrected chi connectivity index (χ1v) is 15.8. The largest absolute Gasteiger partial charge is 0.445 e. The number of carbonyl (C=O) groups excluding carboxylic acids is 5. The van der Waals surface area contributed by atoms with Gasteiger partial charge in [-0.15, -0.1) is 0 Å². The second kappa shape index (κ2) is 15.8. The molecule has 1 fully saturated rings. The smallest absolute Gasteiger partial charge is 0.408 e. The number of amides is 3. The number of ether oxygens (including phenoxy) is 2. The highest BCUT2D eigenvalue weighted by atomic mass is 16.5. The minimum Gasteiger partial charge on any atom is -0.445 e. The number of likely N-dealkylation sites (tertiary alicyclic amines) is 1. The average Bonchev–Trinajstić information content (AvgIpc) is 3.05. The van der Waals surface area contributed by atoms with Gasteiger partial charge in [-0.1, -0.05) is 75.4 Å². The van der Waals surface area contributed by atoms with Crippen LogP contribution in [0.25, 0.3) is 0 Å². The van der Waals surface area contributed by atoms with Crippen LogP contribution >= 0.6 is 0 Å². The maximum Gasteiger partial charge on any atom is 0.408 e. The number of carbonyl (C=O) groups is 5. The van der Waals surface area contributed by atoms with Gasteiger partial charge in [0.05, 0.1) is 13.2 Å². The maximum atomic E-state index is 13.7. The van der Waals surface area contributed by atoms with Gasteiger partial charge in [0.1, 0.15) is 24.0 Å². The fourth-order valence-corrected chi connectivity index (χ4v) is 5.75. The number of fused-ring (bicyclic) bond motifs is 1. The zero-order valence-electron chi connectivity index (χ0n) is 27.8. The number of piperidine rings is 1. The molecular formula is C35H45N5O7. The number of rotatable bonds is 12. The van der Waals surface area contributed by atoms with Crippen molar-refractivity contribution in [1.29, 1.82) is 0 Å². The zero-order valence-corrected chi connectivity index (χ0v) is 27.8. The third-order valence-corrected chi connectivity index (χ3v) is 8.33. The Morgan fingerprint density at radius 2 is 1.57 bits per heavy atom. The number of benzene rings is 2. The Bertz CT molecular complexity index is 1490. The lowest BCUT2D eigenvalue weighted by Gasteiger charge is -2.36. The molecule has 1 aliphatic carbocycles. The van der Waals surface area contributed by atoms with E-state index in [0.29, 0.717) is 31.5 Å². The maximum absolute atomic E-state index is 13.7. The van der Waals surface area contributed by atoms with Crippen LogP contribution in [0.1, 0.15) is 59.9 Å². The number of hydrogen-bond donors (Lipinski definition) is 3. The van der Waals surface area contributed by atoms with Crippen LogP contribution in [0.2, 0.25) is 0 Å². The molecule has 3 amide bonds. The van der Waals surface area contributed by atoms with E-state index in [-0.39, 0.29) is 66.9 Å². The van der Waals surface area contributed by atoms with Gasteiger partial charge in [-0.25, -0.2) is 4.79 Å². The summed E-state index contributed by atoms with van der Waals surface area (Å²) < 4.78 is 10.6. The zero-order chi connectivity index (χ0) is 34.1. The molecule has 252 valence electrons. The van der Waals surface area contributed by atoms with E-state index in [1.807, 2.05) is 56.0 Å². The Hall–Kier alpha value is -4.55. The molecule has 1 heterocycles. The minimum absolute atomic E-state index is 0.0171. The normalized spacial score (nSPS) is 16.3. The standard InChI is InChI=1S/C35H45N5O7/c1-35(2,3)32(38-34(45)47-22-23-11-7-6-8-12-23)33(44)37-24-15-17-39(18-16-24)21-27(41)40(19-20-46-5)29-28(36-4)30(42)25-13-9-10-14-26(25)31(29)43/h6-14,24,32,36H,15-22H2,1-5H3,(H,37,44)(H,38,45). The third-order valence-electron chi connectivity index (χ3n) is 8.33. The van der Waals surface area contributed by atoms with Crippen molar-refractivity contribution < 1.29 is 33.4 Å². The molecular weight excluding hydrogens is 602 g/mol. The van der Waals surface area contributed by atoms with Crippen molar-refractivity contribution in [3.05, 3.63) is 82.7 Å². The van der Waals surface area contributed by atoms with Crippen molar-refractivity contribution in [3.8, 4) is 0 Å². The predicted octanol–water partition coefficient (Wildman–Crippen LogP) is 2.89. The van der Waals surface area contributed by atoms with Crippen molar-refractivity contribution >= 4 is 29.5 Å². The molecule has 0 saturated carbocycles. The topological polar surface area (TPSA) is 146 Å². The van der Waals surface area contributed by atoms with Gasteiger partial charge in [0.15, 0.2) is 0 Å². The molecule has 1 aliphatic heterocycles. The Labute approximate surface area is 275 Å². The van der Waals surface area contributed by atoms with Crippen LogP contribution < -0.4 is 16.0 Å². The number of nitrogens with zero attached hydrogens (tertiary/aromatic N) is 2. The Kier molecular flexibility index (Phi) is 11.9. The lowest BCUT2D eigenvalue weighted by atomic mass is 9.86. The number of likely N-dealkylation sites (N-methyl/N-ethyl adjacent to an activating group) is 1. The summed E-state index contributed by atoms with van der Waals surface area (Å²) in [6, 6.07) is 14.9. The number of hydrogen-bond acceptors (Lipinski definition) is 9. The second-order valence-corrected chi connectivity index (χ2v) is 12.8. The second-order valence-electron chi connectivity index (χ2n) is 12.8. The SMILES string of the molecule is CNC1=C(N(CCOC)C(=O)CN2CCC(NC(=O)C(NC(=O)OCc3ccccc3)C(C)(C)C)CC2)C(=O)c2ccccc2C1=O. The van der Waals surface area contributed by atoms with Crippen LogP contribution in [0.4, 0.5) is 4.79 Å². The number of nitrogens with one attached hydrogen (secondary N) is 3. The van der Waals surface area contributed by atoms with Gasteiger partial charge in [0, 0.05) is 51.0 Å². The van der Waals surface area contributed by atoms with Gasteiger partial charge in [-0.3, -0.25) is 24.1 Å². The highest BCUT2D eigenvalue weighted by molar-refractivity contribution is 6.27. The highest BCUT2D eigenvalue weighted by Crippen LogP contribution is 2.28. The third kappa shape index (κ3) is 8.83. The van der Waals surface area contributed by atoms with Gasteiger partial charge in [-0.05, 0) is 23.8 Å². The summed E-state index contributed by atoms with van der Waals surface area (Å²) in [4.78, 5) is 69.8. The summed E-state index contributed by atoms with van der Waals surface area (Å²) in [7, 11) is 3.06. The summed E-state index contributed by atoms with van der Waals surface area (Å²) in [6.45, 7) is 7.04. The molecule has 47 heavy (non-hydrogen) atoms. The fraction of sp³-hybridized carbons (Fsp3) is 0.457. The Morgan fingerprint density at radius 3 is 2.17 bits per heavy atom. The van der Waals surface area contributed by atoms with E-state index in [1.165, 1.54) is 12.0 Å². The first-order chi connectivity index (χ1) is 22.4. The molecule has 2 aromatic carbocycles. The molecule has 3 N–H and O–H groups in total. The Morgan fingerprint density at radius 1 is 0.957 bits per heavy atom. The van der Waals surface area contributed by atoms with Crippen LogP contribution in [0.15, 0.2) is 66.0 Å². The van der Waals surface area contributed by atoms with E-state index >= 15 is 0 Å². The lowest BCUT2D eigenvalue weighted by Crippen LogP contribution is -2.57. The number of allylic oxidation sites excluding steroid dienone is 2. The van der Waals surface area contributed by atoms with Crippen molar-refractivity contribution in [2.45, 2.75) is 52.3 Å². The molecule has 12 heteroatoms. The van der Waals surface area contributed by atoms with Gasteiger partial charge in [0.25, 0.3) is 0 Å². The van der Waals surface area contributed by atoms with Crippen molar-refractivity contribution in [3.63, 3.8) is 0 Å². The molecule has 1 unspecified atom stereocenters. The predicted molar refractivity (Wildman–Crippen MR) is 175 cm³/mol. The first kappa shape index (κ1) is 35.3. The van der Waals surface area contributed by atoms with Crippen LogP contribution in [0.3, 0.4) is 0 Å². The molecule has 0 aromatic heterocycles. The molecule has 0 radical (unpaired) electrons. The van der Waals surface area contributed by atoms with Crippen LogP contribution in [0, 0.1) is 5.41 Å². The van der Waals surface area contributed by atoms with Crippen LogP contribution in [-0.2, 0) is 25.7 Å². The molecule has 1 atom stereocenters. The van der Waals surface area contributed by atoms with E-state index < -0.39 is 23.3 Å². The Balaban J connectivity index is 1.36. The molecule has 0 spiro atoms. The summed E-state index contributed by atoms with van der Waals surface area (Å²) in [5.41, 5.74) is 0.907. The van der Waals surface area contributed by atoms with Crippen molar-refractivity contribution in [2.75, 3.05) is 46.9 Å². The van der Waals surface area contributed by atoms with Crippen molar-refractivity contribution in [1.82, 2.24) is 25.8 Å². The summed E-state index contributed by atoms with van der Waals surface area (Å²) in [5, 5.41) is 8.64. The molecule has 2 aliphatic rings. The van der Waals surface area contributed by atoms with E-state index in [9.17, 15) is 24.0 Å². The van der Waals surface area contributed by atoms with E-state index in [4.69, 9.17) is 9.47 Å². The monoisotopic (exact) mass is 647 g/mol. The number of alkyl carbamates (subject to hydrolysis) is 1. The van der Waals surface area contributed by atoms with E-state index in [0.717, 1.165) is 5.56 Å². The summed E-state index contributed by atoms with van der Waals surface area (Å²) >= 11 is 0. The number of Topliss-reactive ketones (excluding diaryl/α,β-unsaturated/α-hetero) is 2. The molecule has 1 saturated heterocycles. The van der Waals surface area contributed by atoms with E-state index in [1.54, 1.807) is 31.3 Å². The molecule has 12 nitrogen and oxygen atoms in total.